The maximum Gasteiger partial charge on any atom is 0.255 e. The second kappa shape index (κ2) is 7.32. The van der Waals surface area contributed by atoms with Gasteiger partial charge in [-0.25, -0.2) is 0 Å². The fourth-order valence-electron chi connectivity index (χ4n) is 1.58. The van der Waals surface area contributed by atoms with Crippen LogP contribution in [0.1, 0.15) is 36.5 Å². The van der Waals surface area contributed by atoms with E-state index in [1.165, 1.54) is 12.1 Å². The second-order valence-electron chi connectivity index (χ2n) is 3.93. The lowest BCUT2D eigenvalue weighted by molar-refractivity contribution is -0.105. The predicted molar refractivity (Wildman–Crippen MR) is 69.7 cm³/mol. The molecule has 3 N–H and O–H groups in total. The number of amides is 2. The highest BCUT2D eigenvalue weighted by Gasteiger charge is 2.13. The minimum atomic E-state index is -0.335. The summed E-state index contributed by atoms with van der Waals surface area (Å²) in [5, 5.41) is 14.9. The number of benzene rings is 1. The first-order valence-corrected chi connectivity index (χ1v) is 6.01. The number of phenolic OH excluding ortho intramolecular Hbond substituents is 1. The Morgan fingerprint density at radius 3 is 2.83 bits per heavy atom. The van der Waals surface area contributed by atoms with Crippen molar-refractivity contribution in [2.75, 3.05) is 11.9 Å². The summed E-state index contributed by atoms with van der Waals surface area (Å²) in [5.41, 5.74) is 0.393. The summed E-state index contributed by atoms with van der Waals surface area (Å²) in [4.78, 5) is 22.1. The summed E-state index contributed by atoms with van der Waals surface area (Å²) in [6.07, 6.45) is 3.51. The van der Waals surface area contributed by atoms with E-state index in [-0.39, 0.29) is 22.9 Å². The highest BCUT2D eigenvalue weighted by Crippen LogP contribution is 2.26. The maximum absolute atomic E-state index is 11.8. The Hall–Kier alpha value is -2.04. The zero-order valence-electron chi connectivity index (χ0n) is 10.4. The van der Waals surface area contributed by atoms with Crippen molar-refractivity contribution in [3.63, 3.8) is 0 Å². The Balaban J connectivity index is 2.67. The number of para-hydroxylation sites is 1. The summed E-state index contributed by atoms with van der Waals surface area (Å²) in [6, 6.07) is 4.64. The molecule has 1 rings (SSSR count). The van der Waals surface area contributed by atoms with Gasteiger partial charge in [-0.15, -0.1) is 0 Å². The number of hydrogen-bond donors (Lipinski definition) is 3. The number of unbranched alkanes of at least 4 members (excludes halogenated alkanes) is 2. The van der Waals surface area contributed by atoms with Gasteiger partial charge < -0.3 is 15.7 Å². The van der Waals surface area contributed by atoms with Gasteiger partial charge in [-0.05, 0) is 18.6 Å². The summed E-state index contributed by atoms with van der Waals surface area (Å²) in [6.45, 7) is 2.67. The largest absolute Gasteiger partial charge is 0.505 e. The van der Waals surface area contributed by atoms with Gasteiger partial charge in [0.15, 0.2) is 5.75 Å². The van der Waals surface area contributed by atoms with Gasteiger partial charge in [0.2, 0.25) is 6.41 Å². The normalized spacial score (nSPS) is 9.83. The molecule has 0 aliphatic rings. The summed E-state index contributed by atoms with van der Waals surface area (Å²) < 4.78 is 0. The van der Waals surface area contributed by atoms with Crippen LogP contribution in [0.4, 0.5) is 5.69 Å². The van der Waals surface area contributed by atoms with Crippen LogP contribution in [0.2, 0.25) is 0 Å². The van der Waals surface area contributed by atoms with E-state index in [1.807, 2.05) is 0 Å². The standard InChI is InChI=1S/C13H18N2O3/c1-2-3-4-8-14-13(18)10-6-5-7-11(12(10)17)15-9-16/h5-7,9,17H,2-4,8H2,1H3,(H,14,18)(H,15,16). The van der Waals surface area contributed by atoms with Crippen LogP contribution in [-0.4, -0.2) is 24.0 Å². The number of carbonyl (C=O) groups excluding carboxylic acids is 2. The number of rotatable bonds is 7. The highest BCUT2D eigenvalue weighted by molar-refractivity contribution is 5.99. The first-order chi connectivity index (χ1) is 8.70. The van der Waals surface area contributed by atoms with Gasteiger partial charge in [0.25, 0.3) is 5.91 Å². The predicted octanol–water partition coefficient (Wildman–Crippen LogP) is 1.88. The Labute approximate surface area is 106 Å². The number of nitrogens with one attached hydrogen (secondary N) is 2. The van der Waals surface area contributed by atoms with Gasteiger partial charge in [0, 0.05) is 6.54 Å². The molecule has 1 aromatic rings. The van der Waals surface area contributed by atoms with Crippen LogP contribution in [0.25, 0.3) is 0 Å². The summed E-state index contributed by atoms with van der Waals surface area (Å²) in [5.74, 6) is -0.546. The molecule has 0 atom stereocenters. The number of phenols is 1. The quantitative estimate of drug-likeness (QED) is 0.393. The molecule has 98 valence electrons. The first-order valence-electron chi connectivity index (χ1n) is 6.01. The van der Waals surface area contributed by atoms with Crippen LogP contribution in [0.3, 0.4) is 0 Å². The molecule has 18 heavy (non-hydrogen) atoms. The van der Waals surface area contributed by atoms with Crippen molar-refractivity contribution in [2.24, 2.45) is 0 Å². The third-order valence-corrected chi connectivity index (χ3v) is 2.56. The van der Waals surface area contributed by atoms with Crippen molar-refractivity contribution >= 4 is 18.0 Å². The first kappa shape index (κ1) is 14.0. The Bertz CT molecular complexity index is 419. The molecule has 0 aromatic heterocycles. The molecular weight excluding hydrogens is 232 g/mol. The van der Waals surface area contributed by atoms with Gasteiger partial charge in [0.05, 0.1) is 11.3 Å². The van der Waals surface area contributed by atoms with E-state index >= 15 is 0 Å². The Kier molecular flexibility index (Phi) is 5.70. The third-order valence-electron chi connectivity index (χ3n) is 2.56. The topological polar surface area (TPSA) is 78.4 Å². The third kappa shape index (κ3) is 3.76. The molecule has 5 nitrogen and oxygen atoms in total. The van der Waals surface area contributed by atoms with Crippen molar-refractivity contribution in [3.8, 4) is 5.75 Å². The van der Waals surface area contributed by atoms with E-state index in [9.17, 15) is 14.7 Å². The molecule has 0 unspecified atom stereocenters. The van der Waals surface area contributed by atoms with Crippen molar-refractivity contribution in [3.05, 3.63) is 23.8 Å². The molecule has 0 bridgehead atoms. The molecule has 1 aromatic carbocycles. The second-order valence-corrected chi connectivity index (χ2v) is 3.93. The SMILES string of the molecule is CCCCCNC(=O)c1cccc(NC=O)c1O. The fraction of sp³-hybridized carbons (Fsp3) is 0.385. The fourth-order valence-corrected chi connectivity index (χ4v) is 1.58. The average molecular weight is 250 g/mol. The monoisotopic (exact) mass is 250 g/mol. The van der Waals surface area contributed by atoms with E-state index < -0.39 is 0 Å². The molecule has 0 radical (unpaired) electrons. The van der Waals surface area contributed by atoms with Crippen LogP contribution in [0.15, 0.2) is 18.2 Å². The number of anilines is 1. The molecular formula is C13H18N2O3. The molecule has 0 saturated carbocycles. The molecule has 0 fully saturated rings. The highest BCUT2D eigenvalue weighted by atomic mass is 16.3. The zero-order valence-corrected chi connectivity index (χ0v) is 10.4. The van der Waals surface area contributed by atoms with Gasteiger partial charge >= 0.3 is 0 Å². The van der Waals surface area contributed by atoms with Gasteiger partial charge in [-0.2, -0.15) is 0 Å². The Morgan fingerprint density at radius 1 is 1.39 bits per heavy atom. The van der Waals surface area contributed by atoms with Crippen molar-refractivity contribution in [1.29, 1.82) is 0 Å². The van der Waals surface area contributed by atoms with E-state index in [1.54, 1.807) is 6.07 Å². The lowest BCUT2D eigenvalue weighted by atomic mass is 10.1. The summed E-state index contributed by atoms with van der Waals surface area (Å²) >= 11 is 0. The lowest BCUT2D eigenvalue weighted by Gasteiger charge is -2.09. The summed E-state index contributed by atoms with van der Waals surface area (Å²) in [7, 11) is 0. The number of aromatic hydroxyl groups is 1. The molecule has 0 spiro atoms. The van der Waals surface area contributed by atoms with E-state index in [0.717, 1.165) is 19.3 Å². The van der Waals surface area contributed by atoms with Crippen LogP contribution in [-0.2, 0) is 4.79 Å². The number of hydrogen-bond acceptors (Lipinski definition) is 3. The van der Waals surface area contributed by atoms with E-state index in [0.29, 0.717) is 13.0 Å². The minimum Gasteiger partial charge on any atom is -0.505 e. The zero-order chi connectivity index (χ0) is 13.4. The molecule has 0 heterocycles. The van der Waals surface area contributed by atoms with E-state index in [2.05, 4.69) is 17.6 Å². The van der Waals surface area contributed by atoms with Crippen LogP contribution in [0, 0.1) is 0 Å². The van der Waals surface area contributed by atoms with Crippen LogP contribution < -0.4 is 10.6 Å². The molecule has 5 heteroatoms. The van der Waals surface area contributed by atoms with Crippen molar-refractivity contribution < 1.29 is 14.7 Å². The van der Waals surface area contributed by atoms with E-state index in [4.69, 9.17) is 0 Å². The molecule has 0 aliphatic carbocycles. The molecule has 2 amide bonds. The van der Waals surface area contributed by atoms with Crippen LogP contribution in [0.5, 0.6) is 5.75 Å². The maximum atomic E-state index is 11.8. The lowest BCUT2D eigenvalue weighted by Crippen LogP contribution is -2.24. The van der Waals surface area contributed by atoms with Crippen molar-refractivity contribution in [2.45, 2.75) is 26.2 Å². The van der Waals surface area contributed by atoms with Gasteiger partial charge in [-0.3, -0.25) is 9.59 Å². The van der Waals surface area contributed by atoms with Crippen LogP contribution >= 0.6 is 0 Å². The van der Waals surface area contributed by atoms with Gasteiger partial charge in [0.1, 0.15) is 0 Å². The minimum absolute atomic E-state index is 0.165. The average Bonchev–Trinajstić information content (AvgIpc) is 2.37. The Morgan fingerprint density at radius 2 is 2.17 bits per heavy atom. The molecule has 0 aliphatic heterocycles. The molecule has 0 saturated heterocycles. The van der Waals surface area contributed by atoms with Gasteiger partial charge in [-0.1, -0.05) is 25.8 Å². The van der Waals surface area contributed by atoms with Crippen molar-refractivity contribution in [1.82, 2.24) is 5.32 Å². The number of carbonyl (C=O) groups is 2. The smallest absolute Gasteiger partial charge is 0.255 e.